The zero-order chi connectivity index (χ0) is 17.3. The molecule has 0 spiro atoms. The smallest absolute Gasteiger partial charge is 0.325 e. The number of hydrogen-bond donors (Lipinski definition) is 2. The maximum absolute atomic E-state index is 12.8. The molecule has 1 saturated carbocycles. The van der Waals surface area contributed by atoms with Crippen molar-refractivity contribution in [2.75, 3.05) is 6.54 Å². The average Bonchev–Trinajstić information content (AvgIpc) is 3.11. The van der Waals surface area contributed by atoms with E-state index in [9.17, 15) is 14.4 Å². The molecule has 1 atom stereocenters. The van der Waals surface area contributed by atoms with E-state index in [1.54, 1.807) is 6.92 Å². The summed E-state index contributed by atoms with van der Waals surface area (Å²) in [4.78, 5) is 38.3. The van der Waals surface area contributed by atoms with Gasteiger partial charge in [0.05, 0.1) is 0 Å². The number of carbonyl (C=O) groups is 3. The second-order valence-corrected chi connectivity index (χ2v) is 6.81. The van der Waals surface area contributed by atoms with E-state index in [0.29, 0.717) is 0 Å². The summed E-state index contributed by atoms with van der Waals surface area (Å²) >= 11 is 0. The van der Waals surface area contributed by atoms with Gasteiger partial charge in [-0.1, -0.05) is 37.1 Å². The van der Waals surface area contributed by atoms with Gasteiger partial charge in [0.2, 0.25) is 5.91 Å². The molecule has 2 aliphatic rings. The van der Waals surface area contributed by atoms with E-state index in [1.165, 1.54) is 0 Å². The van der Waals surface area contributed by atoms with Crippen LogP contribution in [0.2, 0.25) is 0 Å². The Kier molecular flexibility index (Phi) is 4.30. The van der Waals surface area contributed by atoms with E-state index < -0.39 is 11.6 Å². The van der Waals surface area contributed by atoms with Crippen LogP contribution in [0.5, 0.6) is 0 Å². The van der Waals surface area contributed by atoms with Crippen LogP contribution in [-0.4, -0.2) is 35.3 Å². The molecule has 1 aliphatic carbocycles. The first-order valence-corrected chi connectivity index (χ1v) is 8.41. The topological polar surface area (TPSA) is 78.5 Å². The van der Waals surface area contributed by atoms with Crippen molar-refractivity contribution in [3.05, 3.63) is 35.4 Å². The Bertz CT molecular complexity index is 682. The Balaban J connectivity index is 1.74. The molecule has 3 rings (SSSR count). The number of amides is 4. The number of benzene rings is 1. The molecular weight excluding hydrogens is 306 g/mol. The molecule has 6 nitrogen and oxygen atoms in total. The predicted octanol–water partition coefficient (Wildman–Crippen LogP) is 1.82. The second-order valence-electron chi connectivity index (χ2n) is 6.81. The lowest BCUT2D eigenvalue weighted by Crippen LogP contribution is -2.45. The van der Waals surface area contributed by atoms with Crippen LogP contribution >= 0.6 is 0 Å². The first kappa shape index (κ1) is 16.5. The summed E-state index contributed by atoms with van der Waals surface area (Å²) in [6, 6.07) is 7.09. The maximum Gasteiger partial charge on any atom is 0.325 e. The lowest BCUT2D eigenvalue weighted by molar-refractivity contribution is -0.135. The van der Waals surface area contributed by atoms with Gasteiger partial charge in [0.25, 0.3) is 5.91 Å². The van der Waals surface area contributed by atoms with Crippen LogP contribution in [0.15, 0.2) is 24.3 Å². The van der Waals surface area contributed by atoms with Gasteiger partial charge in [-0.05, 0) is 37.8 Å². The minimum absolute atomic E-state index is 0.168. The number of carbonyl (C=O) groups excluding carboxylic acids is 3. The van der Waals surface area contributed by atoms with E-state index in [1.807, 2.05) is 31.2 Å². The number of hydrogen-bond acceptors (Lipinski definition) is 3. The Morgan fingerprint density at radius 3 is 2.62 bits per heavy atom. The number of aryl methyl sites for hydroxylation is 1. The van der Waals surface area contributed by atoms with Crippen LogP contribution in [0.4, 0.5) is 4.79 Å². The van der Waals surface area contributed by atoms with Gasteiger partial charge in [0.15, 0.2) is 0 Å². The summed E-state index contributed by atoms with van der Waals surface area (Å²) in [7, 11) is 0. The van der Waals surface area contributed by atoms with Crippen molar-refractivity contribution in [1.82, 2.24) is 15.5 Å². The molecule has 1 aliphatic heterocycles. The maximum atomic E-state index is 12.8. The molecule has 2 N–H and O–H groups in total. The van der Waals surface area contributed by atoms with Crippen LogP contribution in [-0.2, 0) is 15.1 Å². The summed E-state index contributed by atoms with van der Waals surface area (Å²) in [6.07, 6.45) is 4.15. The van der Waals surface area contributed by atoms with Gasteiger partial charge >= 0.3 is 6.03 Å². The Labute approximate surface area is 141 Å². The van der Waals surface area contributed by atoms with Crippen molar-refractivity contribution in [2.24, 2.45) is 0 Å². The lowest BCUT2D eigenvalue weighted by atomic mass is 9.88. The van der Waals surface area contributed by atoms with Gasteiger partial charge in [-0.15, -0.1) is 0 Å². The van der Waals surface area contributed by atoms with Crippen molar-refractivity contribution in [3.63, 3.8) is 0 Å². The number of nitrogens with zero attached hydrogens (tertiary/aromatic N) is 1. The normalized spacial score (nSPS) is 24.3. The van der Waals surface area contributed by atoms with Crippen molar-refractivity contribution < 1.29 is 14.4 Å². The van der Waals surface area contributed by atoms with Crippen molar-refractivity contribution in [2.45, 2.75) is 51.1 Å². The largest absolute Gasteiger partial charge is 0.352 e. The number of urea groups is 1. The van der Waals surface area contributed by atoms with Crippen LogP contribution in [0, 0.1) is 6.92 Å². The molecular formula is C18H23N3O3. The Morgan fingerprint density at radius 2 is 1.96 bits per heavy atom. The molecule has 2 fully saturated rings. The third-order valence-electron chi connectivity index (χ3n) is 4.98. The third-order valence-corrected chi connectivity index (χ3v) is 4.98. The first-order valence-electron chi connectivity index (χ1n) is 8.41. The molecule has 1 aromatic carbocycles. The van der Waals surface area contributed by atoms with Crippen LogP contribution in [0.1, 0.15) is 43.7 Å². The van der Waals surface area contributed by atoms with Gasteiger partial charge < -0.3 is 10.6 Å². The Hall–Kier alpha value is -2.37. The van der Waals surface area contributed by atoms with Crippen molar-refractivity contribution in [1.29, 1.82) is 0 Å². The van der Waals surface area contributed by atoms with Crippen LogP contribution in [0.25, 0.3) is 0 Å². The summed E-state index contributed by atoms with van der Waals surface area (Å²) in [5.74, 6) is -0.664. The van der Waals surface area contributed by atoms with Crippen LogP contribution < -0.4 is 10.6 Å². The van der Waals surface area contributed by atoms with E-state index in [2.05, 4.69) is 10.6 Å². The summed E-state index contributed by atoms with van der Waals surface area (Å²) in [5.41, 5.74) is 0.545. The molecule has 1 aromatic rings. The zero-order valence-electron chi connectivity index (χ0n) is 14.1. The molecule has 6 heteroatoms. The van der Waals surface area contributed by atoms with Gasteiger partial charge in [0.1, 0.15) is 12.1 Å². The summed E-state index contributed by atoms with van der Waals surface area (Å²) in [5, 5.41) is 5.66. The standard InChI is InChI=1S/C18H23N3O3/c1-12-7-3-6-10-14(12)18(2)16(23)21(17(24)20-18)11-15(22)19-13-8-4-5-9-13/h3,6-7,10,13H,4-5,8-9,11H2,1-2H3,(H,19,22)(H,20,24)/t18-/m1/s1. The number of rotatable bonds is 4. The third kappa shape index (κ3) is 2.88. The molecule has 0 aromatic heterocycles. The fraction of sp³-hybridized carbons (Fsp3) is 0.500. The van der Waals surface area contributed by atoms with Gasteiger partial charge in [0, 0.05) is 6.04 Å². The highest BCUT2D eigenvalue weighted by Gasteiger charge is 2.50. The lowest BCUT2D eigenvalue weighted by Gasteiger charge is -2.24. The SMILES string of the molecule is Cc1ccccc1[C@@]1(C)NC(=O)N(CC(=O)NC2CCCC2)C1=O. The molecule has 0 unspecified atom stereocenters. The molecule has 0 radical (unpaired) electrons. The molecule has 0 bridgehead atoms. The molecule has 1 heterocycles. The first-order chi connectivity index (χ1) is 11.4. The minimum atomic E-state index is -1.13. The zero-order valence-corrected chi connectivity index (χ0v) is 14.1. The average molecular weight is 329 g/mol. The highest BCUT2D eigenvalue weighted by Crippen LogP contribution is 2.30. The molecule has 24 heavy (non-hydrogen) atoms. The predicted molar refractivity (Wildman–Crippen MR) is 89.2 cm³/mol. The van der Waals surface area contributed by atoms with Crippen LogP contribution in [0.3, 0.4) is 0 Å². The monoisotopic (exact) mass is 329 g/mol. The summed E-state index contributed by atoms with van der Waals surface area (Å²) < 4.78 is 0. The molecule has 1 saturated heterocycles. The van der Waals surface area contributed by atoms with Crippen molar-refractivity contribution >= 4 is 17.8 Å². The fourth-order valence-corrected chi connectivity index (χ4v) is 3.64. The molecule has 4 amide bonds. The van der Waals surface area contributed by atoms with Gasteiger partial charge in [-0.2, -0.15) is 0 Å². The minimum Gasteiger partial charge on any atom is -0.352 e. The quantitative estimate of drug-likeness (QED) is 0.827. The Morgan fingerprint density at radius 1 is 1.29 bits per heavy atom. The van der Waals surface area contributed by atoms with Gasteiger partial charge in [-0.25, -0.2) is 4.79 Å². The summed E-state index contributed by atoms with van der Waals surface area (Å²) in [6.45, 7) is 3.35. The number of imide groups is 1. The number of nitrogens with one attached hydrogen (secondary N) is 2. The van der Waals surface area contributed by atoms with Crippen molar-refractivity contribution in [3.8, 4) is 0 Å². The second kappa shape index (κ2) is 6.26. The van der Waals surface area contributed by atoms with E-state index >= 15 is 0 Å². The van der Waals surface area contributed by atoms with Gasteiger partial charge in [-0.3, -0.25) is 14.5 Å². The van der Waals surface area contributed by atoms with E-state index in [-0.39, 0.29) is 24.4 Å². The van der Waals surface area contributed by atoms with E-state index in [4.69, 9.17) is 0 Å². The highest BCUT2D eigenvalue weighted by atomic mass is 16.2. The van der Waals surface area contributed by atoms with E-state index in [0.717, 1.165) is 41.7 Å². The molecule has 128 valence electrons. The highest BCUT2D eigenvalue weighted by molar-refractivity contribution is 6.09. The fourth-order valence-electron chi connectivity index (χ4n) is 3.64.